The van der Waals surface area contributed by atoms with Crippen molar-refractivity contribution >= 4 is 68.6 Å². The lowest BCUT2D eigenvalue weighted by Gasteiger charge is -2.32. The van der Waals surface area contributed by atoms with Gasteiger partial charge in [0.05, 0.1) is 16.8 Å². The molecule has 38 heavy (non-hydrogen) atoms. The number of amides is 5. The second-order valence-corrected chi connectivity index (χ2v) is 11.2. The molecule has 3 aromatic rings. The van der Waals surface area contributed by atoms with Gasteiger partial charge in [0.2, 0.25) is 0 Å². The van der Waals surface area contributed by atoms with Crippen molar-refractivity contribution in [3.05, 3.63) is 97.9 Å². The third-order valence-electron chi connectivity index (χ3n) is 6.89. The fourth-order valence-electron chi connectivity index (χ4n) is 5.01. The average Bonchev–Trinajstić information content (AvgIpc) is 3.22. The van der Waals surface area contributed by atoms with E-state index in [0.717, 1.165) is 14.9 Å². The summed E-state index contributed by atoms with van der Waals surface area (Å²) in [6.07, 6.45) is 0.563. The first-order valence-electron chi connectivity index (χ1n) is 11.9. The van der Waals surface area contributed by atoms with E-state index in [-0.39, 0.29) is 37.0 Å². The van der Waals surface area contributed by atoms with Gasteiger partial charge >= 0.3 is 6.03 Å². The number of anilines is 1. The summed E-state index contributed by atoms with van der Waals surface area (Å²) in [4.78, 5) is 56.9. The van der Waals surface area contributed by atoms with E-state index in [4.69, 9.17) is 23.2 Å². The highest BCUT2D eigenvalue weighted by atomic mass is 79.9. The molecule has 0 radical (unpaired) electrons. The van der Waals surface area contributed by atoms with E-state index in [9.17, 15) is 19.2 Å². The van der Waals surface area contributed by atoms with E-state index in [1.807, 2.05) is 24.3 Å². The highest BCUT2D eigenvalue weighted by Gasteiger charge is 2.54. The maximum absolute atomic E-state index is 13.9. The van der Waals surface area contributed by atoms with Crippen molar-refractivity contribution in [1.29, 1.82) is 0 Å². The van der Waals surface area contributed by atoms with Crippen LogP contribution in [0.2, 0.25) is 10.0 Å². The second-order valence-electron chi connectivity index (χ2n) is 9.44. The molecule has 2 aliphatic rings. The van der Waals surface area contributed by atoms with Gasteiger partial charge < -0.3 is 4.90 Å². The first-order valence-corrected chi connectivity index (χ1v) is 13.5. The van der Waals surface area contributed by atoms with E-state index in [1.54, 1.807) is 31.2 Å². The molecule has 2 aliphatic heterocycles. The summed E-state index contributed by atoms with van der Waals surface area (Å²) in [5, 5.41) is 0.596. The lowest BCUT2D eigenvalue weighted by molar-refractivity contribution is -0.124. The minimum absolute atomic E-state index is 0.113. The SMILES string of the molecule is CC1(Cc2ccc(Br)cc2)C(=O)N(c2cc(Cl)cc(Cl)c2)C(=O)N1CCCN1C(=O)c2ccccc2C1=O. The Morgan fingerprint density at radius 1 is 0.816 bits per heavy atom. The molecule has 2 heterocycles. The van der Waals surface area contributed by atoms with E-state index in [1.165, 1.54) is 28.0 Å². The first kappa shape index (κ1) is 26.4. The lowest BCUT2D eigenvalue weighted by atomic mass is 9.91. The average molecular weight is 615 g/mol. The van der Waals surface area contributed by atoms with Crippen LogP contribution in [-0.2, 0) is 11.2 Å². The molecule has 7 nitrogen and oxygen atoms in total. The largest absolute Gasteiger partial charge is 0.332 e. The van der Waals surface area contributed by atoms with Gasteiger partial charge in [0.25, 0.3) is 17.7 Å². The van der Waals surface area contributed by atoms with Crippen molar-refractivity contribution in [2.24, 2.45) is 0 Å². The molecule has 194 valence electrons. The van der Waals surface area contributed by atoms with Gasteiger partial charge in [-0.2, -0.15) is 0 Å². The minimum Gasteiger partial charge on any atom is -0.309 e. The van der Waals surface area contributed by atoms with Gasteiger partial charge in [-0.25, -0.2) is 9.69 Å². The number of carbonyl (C=O) groups is 4. The number of fused-ring (bicyclic) bond motifs is 1. The summed E-state index contributed by atoms with van der Waals surface area (Å²) in [7, 11) is 0. The van der Waals surface area contributed by atoms with Crippen LogP contribution in [0, 0.1) is 0 Å². The standard InChI is InChI=1S/C28H22BrCl2N3O4/c1-28(16-17-7-9-18(29)10-8-17)26(37)34(21-14-19(30)13-20(31)15-21)27(38)33(28)12-4-11-32-24(35)22-5-2-3-6-23(22)25(32)36/h2-3,5-10,13-15H,4,11-12,16H2,1H3. The molecule has 10 heteroatoms. The molecule has 0 bridgehead atoms. The predicted octanol–water partition coefficient (Wildman–Crippen LogP) is 6.21. The lowest BCUT2D eigenvalue weighted by Crippen LogP contribution is -2.49. The molecule has 0 aliphatic carbocycles. The monoisotopic (exact) mass is 613 g/mol. The number of benzene rings is 3. The smallest absolute Gasteiger partial charge is 0.309 e. The number of hydrogen-bond donors (Lipinski definition) is 0. The van der Waals surface area contributed by atoms with Gasteiger partial charge in [-0.15, -0.1) is 0 Å². The topological polar surface area (TPSA) is 78.0 Å². The van der Waals surface area contributed by atoms with Crippen LogP contribution in [0.25, 0.3) is 0 Å². The zero-order chi connectivity index (χ0) is 27.2. The highest BCUT2D eigenvalue weighted by Crippen LogP contribution is 2.37. The molecule has 1 saturated heterocycles. The molecule has 1 fully saturated rings. The molecule has 5 amide bonds. The van der Waals surface area contributed by atoms with Crippen molar-refractivity contribution in [3.63, 3.8) is 0 Å². The molecular formula is C28H22BrCl2N3O4. The summed E-state index contributed by atoms with van der Waals surface area (Å²) < 4.78 is 0.897. The Balaban J connectivity index is 1.42. The summed E-state index contributed by atoms with van der Waals surface area (Å²) in [5.41, 5.74) is 0.667. The molecule has 5 rings (SSSR count). The van der Waals surface area contributed by atoms with Crippen molar-refractivity contribution < 1.29 is 19.2 Å². The summed E-state index contributed by atoms with van der Waals surface area (Å²) in [6, 6.07) is 18.3. The van der Waals surface area contributed by atoms with E-state index < -0.39 is 17.5 Å². The Kier molecular flexibility index (Phi) is 7.07. The van der Waals surface area contributed by atoms with Crippen LogP contribution in [-0.4, -0.2) is 52.2 Å². The van der Waals surface area contributed by atoms with Crippen LogP contribution >= 0.6 is 39.1 Å². The normalized spacial score (nSPS) is 19.1. The number of nitrogens with zero attached hydrogens (tertiary/aromatic N) is 3. The van der Waals surface area contributed by atoms with Crippen LogP contribution in [0.3, 0.4) is 0 Å². The first-order chi connectivity index (χ1) is 18.1. The molecule has 3 aromatic carbocycles. The van der Waals surface area contributed by atoms with Crippen molar-refractivity contribution in [2.75, 3.05) is 18.0 Å². The number of urea groups is 1. The van der Waals surface area contributed by atoms with Crippen LogP contribution in [0.5, 0.6) is 0 Å². The van der Waals surface area contributed by atoms with Crippen molar-refractivity contribution in [2.45, 2.75) is 25.3 Å². The van der Waals surface area contributed by atoms with Gasteiger partial charge in [0, 0.05) is 34.0 Å². The Morgan fingerprint density at radius 3 is 1.97 bits per heavy atom. The third-order valence-corrected chi connectivity index (χ3v) is 7.86. The molecule has 0 spiro atoms. The molecular weight excluding hydrogens is 593 g/mol. The van der Waals surface area contributed by atoms with Crippen LogP contribution < -0.4 is 4.90 Å². The van der Waals surface area contributed by atoms with Gasteiger partial charge in [0.15, 0.2) is 0 Å². The molecule has 1 atom stereocenters. The van der Waals surface area contributed by atoms with Crippen molar-refractivity contribution in [1.82, 2.24) is 9.80 Å². The quantitative estimate of drug-likeness (QED) is 0.234. The van der Waals surface area contributed by atoms with Crippen LogP contribution in [0.4, 0.5) is 10.5 Å². The maximum Gasteiger partial charge on any atom is 0.332 e. The van der Waals surface area contributed by atoms with E-state index in [2.05, 4.69) is 15.9 Å². The summed E-state index contributed by atoms with van der Waals surface area (Å²) in [6.45, 7) is 1.99. The number of rotatable bonds is 7. The van der Waals surface area contributed by atoms with Gasteiger partial charge in [0.1, 0.15) is 5.54 Å². The predicted molar refractivity (Wildman–Crippen MR) is 149 cm³/mol. The molecule has 0 saturated carbocycles. The molecule has 0 N–H and O–H groups in total. The van der Waals surface area contributed by atoms with Gasteiger partial charge in [-0.3, -0.25) is 19.3 Å². The van der Waals surface area contributed by atoms with Crippen molar-refractivity contribution in [3.8, 4) is 0 Å². The fourth-order valence-corrected chi connectivity index (χ4v) is 5.79. The Hall–Kier alpha value is -3.20. The number of imide groups is 2. The molecule has 1 unspecified atom stereocenters. The third kappa shape index (κ3) is 4.61. The van der Waals surface area contributed by atoms with Gasteiger partial charge in [-0.1, -0.05) is 63.4 Å². The number of halogens is 3. The summed E-state index contributed by atoms with van der Waals surface area (Å²) >= 11 is 15.8. The van der Waals surface area contributed by atoms with Gasteiger partial charge in [-0.05, 0) is 61.4 Å². The number of hydrogen-bond acceptors (Lipinski definition) is 4. The minimum atomic E-state index is -1.22. The Morgan fingerprint density at radius 2 is 1.39 bits per heavy atom. The van der Waals surface area contributed by atoms with E-state index in [0.29, 0.717) is 27.6 Å². The van der Waals surface area contributed by atoms with Crippen LogP contribution in [0.15, 0.2) is 71.2 Å². The second kappa shape index (κ2) is 10.2. The Labute approximate surface area is 238 Å². The zero-order valence-electron chi connectivity index (χ0n) is 20.3. The van der Waals surface area contributed by atoms with E-state index >= 15 is 0 Å². The number of carbonyl (C=O) groups excluding carboxylic acids is 4. The van der Waals surface area contributed by atoms with Crippen LogP contribution in [0.1, 0.15) is 39.6 Å². The Bertz CT molecular complexity index is 1420. The zero-order valence-corrected chi connectivity index (χ0v) is 23.4. The fraction of sp³-hybridized carbons (Fsp3) is 0.214. The summed E-state index contributed by atoms with van der Waals surface area (Å²) in [5.74, 6) is -1.13. The highest BCUT2D eigenvalue weighted by molar-refractivity contribution is 9.10. The molecule has 0 aromatic heterocycles. The maximum atomic E-state index is 13.9.